The number of para-hydroxylation sites is 1. The van der Waals surface area contributed by atoms with Crippen molar-refractivity contribution < 1.29 is 9.90 Å². The number of rotatable bonds is 6. The summed E-state index contributed by atoms with van der Waals surface area (Å²) < 4.78 is 0. The molecule has 0 aliphatic carbocycles. The average molecular weight is 571 g/mol. The van der Waals surface area contributed by atoms with E-state index in [9.17, 15) is 14.7 Å². The van der Waals surface area contributed by atoms with Crippen LogP contribution < -0.4 is 33.8 Å². The van der Waals surface area contributed by atoms with Crippen molar-refractivity contribution in [2.24, 2.45) is 33.3 Å². The molecule has 11 N–H and O–H groups in total. The normalized spacial score (nSPS) is 16.2. The quantitative estimate of drug-likeness (QED) is 0.132. The number of hydrogen-bond acceptors (Lipinski definition) is 8. The van der Waals surface area contributed by atoms with E-state index in [2.05, 4.69) is 22.2 Å². The van der Waals surface area contributed by atoms with Crippen LogP contribution in [0, 0.1) is 5.41 Å². The number of thioether (sulfide) groups is 1. The number of nitrogens with one attached hydrogen (secondary N) is 2. The van der Waals surface area contributed by atoms with Crippen LogP contribution in [0.3, 0.4) is 0 Å². The predicted octanol–water partition coefficient (Wildman–Crippen LogP) is 2.65. The predicted molar refractivity (Wildman–Crippen MR) is 156 cm³/mol. The molecule has 1 fully saturated rings. The summed E-state index contributed by atoms with van der Waals surface area (Å²) >= 11 is 7.60. The zero-order valence-electron chi connectivity index (χ0n) is 21.3. The van der Waals surface area contributed by atoms with Crippen LogP contribution in [0.5, 0.6) is 5.75 Å². The Labute approximate surface area is 234 Å². The molecule has 2 aromatic carbocycles. The summed E-state index contributed by atoms with van der Waals surface area (Å²) in [6.07, 6.45) is 1.79. The number of H-pyrrole nitrogens is 1. The van der Waals surface area contributed by atoms with Crippen molar-refractivity contribution in [1.29, 1.82) is 0 Å². The lowest BCUT2D eigenvalue weighted by Crippen LogP contribution is -2.47. The number of halogens is 1. The van der Waals surface area contributed by atoms with Gasteiger partial charge in [0, 0.05) is 23.4 Å². The van der Waals surface area contributed by atoms with Gasteiger partial charge in [0.2, 0.25) is 0 Å². The topological polar surface area (TPSA) is 202 Å². The number of benzene rings is 2. The maximum absolute atomic E-state index is 13.0. The van der Waals surface area contributed by atoms with Crippen LogP contribution in [0.1, 0.15) is 30.1 Å². The highest BCUT2D eigenvalue weighted by atomic mass is 35.5. The number of guanidine groups is 1. The third-order valence-electron chi connectivity index (χ3n) is 6.83. The minimum Gasteiger partial charge on any atom is -0.506 e. The molecule has 0 bridgehead atoms. The van der Waals surface area contributed by atoms with E-state index in [1.54, 1.807) is 42.5 Å². The second kappa shape index (κ2) is 11.5. The van der Waals surface area contributed by atoms with Gasteiger partial charge in [0.25, 0.3) is 11.5 Å². The van der Waals surface area contributed by atoms with Crippen LogP contribution in [0.4, 0.5) is 5.69 Å². The van der Waals surface area contributed by atoms with Crippen LogP contribution in [-0.2, 0) is 0 Å². The first-order valence-electron chi connectivity index (χ1n) is 12.2. The number of carbonyl (C=O) groups excluding carboxylic acids is 1. The van der Waals surface area contributed by atoms with Crippen molar-refractivity contribution in [3.63, 3.8) is 0 Å². The Morgan fingerprint density at radius 1 is 1.18 bits per heavy atom. The van der Waals surface area contributed by atoms with Gasteiger partial charge in [0.1, 0.15) is 16.3 Å². The molecule has 11 nitrogen and oxygen atoms in total. The molecular weight excluding hydrogens is 540 g/mol. The largest absolute Gasteiger partial charge is 0.506 e. The Morgan fingerprint density at radius 2 is 1.87 bits per heavy atom. The Balaban J connectivity index is 1.51. The number of aliphatic imine (C=N–C) groups is 1. The summed E-state index contributed by atoms with van der Waals surface area (Å²) in [6.45, 7) is 4.20. The Kier molecular flexibility index (Phi) is 8.28. The molecule has 1 amide bonds. The summed E-state index contributed by atoms with van der Waals surface area (Å²) in [5.41, 5.74) is 23.9. The SMILES string of the molecule is CC1(CN)CCN(/C(N)=N/C(N)=C(\N)Sc2cccc(NC(=O)c3c(O)c4ccccc4[nH]c3=O)c2Cl)CC1. The molecule has 39 heavy (non-hydrogen) atoms. The van der Waals surface area contributed by atoms with E-state index in [4.69, 9.17) is 34.5 Å². The van der Waals surface area contributed by atoms with Gasteiger partial charge in [0.05, 0.1) is 16.2 Å². The van der Waals surface area contributed by atoms with E-state index < -0.39 is 22.8 Å². The van der Waals surface area contributed by atoms with Gasteiger partial charge in [-0.15, -0.1) is 0 Å². The summed E-state index contributed by atoms with van der Waals surface area (Å²) in [6, 6.07) is 11.5. The second-order valence-corrected chi connectivity index (χ2v) is 11.1. The van der Waals surface area contributed by atoms with Crippen molar-refractivity contribution >= 4 is 51.8 Å². The lowest BCUT2D eigenvalue weighted by Gasteiger charge is -2.39. The first-order valence-corrected chi connectivity index (χ1v) is 13.4. The Hall–Kier alpha value is -3.87. The van der Waals surface area contributed by atoms with Crippen molar-refractivity contribution in [3.8, 4) is 5.75 Å². The van der Waals surface area contributed by atoms with Crippen LogP contribution in [0.15, 0.2) is 68.0 Å². The summed E-state index contributed by atoms with van der Waals surface area (Å²) in [7, 11) is 0. The van der Waals surface area contributed by atoms with Crippen molar-refractivity contribution in [1.82, 2.24) is 9.88 Å². The number of piperidine rings is 1. The van der Waals surface area contributed by atoms with Gasteiger partial charge in [-0.2, -0.15) is 4.99 Å². The number of carbonyl (C=O) groups is 1. The number of aromatic amines is 1. The van der Waals surface area contributed by atoms with Crippen molar-refractivity contribution in [2.45, 2.75) is 24.7 Å². The zero-order valence-corrected chi connectivity index (χ0v) is 22.9. The van der Waals surface area contributed by atoms with Gasteiger partial charge in [-0.1, -0.05) is 48.5 Å². The van der Waals surface area contributed by atoms with Gasteiger partial charge in [0.15, 0.2) is 11.8 Å². The summed E-state index contributed by atoms with van der Waals surface area (Å²) in [5.74, 6) is -0.952. The van der Waals surface area contributed by atoms with Crippen molar-refractivity contribution in [3.05, 3.63) is 74.3 Å². The number of aromatic hydroxyl groups is 1. The summed E-state index contributed by atoms with van der Waals surface area (Å²) in [4.78, 5) is 34.8. The molecule has 1 saturated heterocycles. The fourth-order valence-electron chi connectivity index (χ4n) is 4.21. The molecule has 1 aliphatic rings. The Bertz CT molecular complexity index is 1530. The van der Waals surface area contributed by atoms with Gasteiger partial charge < -0.3 is 43.2 Å². The van der Waals surface area contributed by atoms with Gasteiger partial charge in [-0.3, -0.25) is 9.59 Å². The number of nitrogens with two attached hydrogens (primary N) is 4. The minimum atomic E-state index is -0.823. The maximum Gasteiger partial charge on any atom is 0.265 e. The highest BCUT2D eigenvalue weighted by Gasteiger charge is 2.29. The van der Waals surface area contributed by atoms with Gasteiger partial charge in [-0.05, 0) is 49.1 Å². The number of hydrogen-bond donors (Lipinski definition) is 7. The van der Waals surface area contributed by atoms with Crippen LogP contribution in [0.25, 0.3) is 10.9 Å². The van der Waals surface area contributed by atoms with Gasteiger partial charge >= 0.3 is 0 Å². The van der Waals surface area contributed by atoms with E-state index in [1.165, 1.54) is 0 Å². The fourth-order valence-corrected chi connectivity index (χ4v) is 5.23. The van der Waals surface area contributed by atoms with Crippen molar-refractivity contribution in [2.75, 3.05) is 25.0 Å². The third-order valence-corrected chi connectivity index (χ3v) is 8.34. The number of likely N-dealkylation sites (tertiary alicyclic amines) is 1. The first kappa shape index (κ1) is 28.1. The zero-order chi connectivity index (χ0) is 28.3. The first-order chi connectivity index (χ1) is 18.5. The van der Waals surface area contributed by atoms with E-state index in [0.29, 0.717) is 35.4 Å². The molecule has 2 heterocycles. The standard InChI is InChI=1S/C26H31ClN8O3S/c1-26(13-28)9-11-35(12-10-26)25(31)34-21(29)22(30)39-17-8-4-7-16(19(17)27)33-24(38)18-20(36)14-5-2-3-6-15(14)32-23(18)37/h2-8H,9-13,28-30H2,1H3,(H2,31,34)(H,33,38)(H2,32,36,37)/b22-21+. The van der Waals surface area contributed by atoms with E-state index in [0.717, 1.165) is 24.6 Å². The number of nitrogens with zero attached hydrogens (tertiary/aromatic N) is 2. The van der Waals surface area contributed by atoms with Gasteiger partial charge in [-0.25, -0.2) is 0 Å². The fraction of sp³-hybridized carbons (Fsp3) is 0.269. The molecule has 0 atom stereocenters. The molecular formula is C26H31ClN8O3S. The maximum atomic E-state index is 13.0. The number of pyridine rings is 1. The van der Waals surface area contributed by atoms with Crippen LogP contribution >= 0.6 is 23.4 Å². The molecule has 1 aliphatic heterocycles. The molecule has 0 spiro atoms. The minimum absolute atomic E-state index is 0.0304. The average Bonchev–Trinajstić information content (AvgIpc) is 2.91. The highest BCUT2D eigenvalue weighted by molar-refractivity contribution is 8.03. The highest BCUT2D eigenvalue weighted by Crippen LogP contribution is 2.37. The molecule has 206 valence electrons. The smallest absolute Gasteiger partial charge is 0.265 e. The molecule has 0 radical (unpaired) electrons. The molecule has 4 rings (SSSR count). The molecule has 0 unspecified atom stereocenters. The number of anilines is 1. The van der Waals surface area contributed by atoms with Crippen LogP contribution in [0.2, 0.25) is 5.02 Å². The molecule has 0 saturated carbocycles. The molecule has 1 aromatic heterocycles. The number of aromatic nitrogens is 1. The second-order valence-electron chi connectivity index (χ2n) is 9.62. The molecule has 3 aromatic rings. The summed E-state index contributed by atoms with van der Waals surface area (Å²) in [5, 5.41) is 13.9. The van der Waals surface area contributed by atoms with Crippen LogP contribution in [-0.4, -0.2) is 46.5 Å². The van der Waals surface area contributed by atoms with E-state index in [-0.39, 0.29) is 32.9 Å². The monoisotopic (exact) mass is 570 g/mol. The lowest BCUT2D eigenvalue weighted by molar-refractivity contribution is 0.102. The molecule has 13 heteroatoms. The Morgan fingerprint density at radius 3 is 2.56 bits per heavy atom. The number of fused-ring (bicyclic) bond motifs is 1. The number of amides is 1. The van der Waals surface area contributed by atoms with E-state index in [1.807, 2.05) is 4.90 Å². The third kappa shape index (κ3) is 6.08. The van der Waals surface area contributed by atoms with E-state index >= 15 is 0 Å². The lowest BCUT2D eigenvalue weighted by atomic mass is 9.81.